The number of esters is 4. The largest absolute Gasteiger partial charge is 0.489 e. The average Bonchev–Trinajstić information content (AvgIpc) is 0.792. The van der Waals surface area contributed by atoms with E-state index in [4.69, 9.17) is 52.1 Å². The van der Waals surface area contributed by atoms with Gasteiger partial charge in [-0.1, -0.05) is 152 Å². The van der Waals surface area contributed by atoms with Gasteiger partial charge in [-0.2, -0.15) is 0 Å². The molecule has 1 saturated heterocycles. The van der Waals surface area contributed by atoms with E-state index in [0.29, 0.717) is 28.4 Å². The van der Waals surface area contributed by atoms with E-state index in [2.05, 4.69) is 0 Å². The van der Waals surface area contributed by atoms with Crippen LogP contribution in [0.15, 0.2) is 200 Å². The smallest absolute Gasteiger partial charge is 0.338 e. The van der Waals surface area contributed by atoms with Gasteiger partial charge in [-0.05, 0) is 164 Å². The molecule has 0 bridgehead atoms. The van der Waals surface area contributed by atoms with Crippen molar-refractivity contribution in [3.8, 4) is 28.7 Å². The molecule has 92 heavy (non-hydrogen) atoms. The summed E-state index contributed by atoms with van der Waals surface area (Å²) in [7, 11) is 1.32. The van der Waals surface area contributed by atoms with Gasteiger partial charge < -0.3 is 52.1 Å². The van der Waals surface area contributed by atoms with Crippen molar-refractivity contribution >= 4 is 23.9 Å². The Bertz CT molecular complexity index is 3980. The molecule has 0 spiro atoms. The normalized spacial score (nSPS) is 15.9. The zero-order valence-corrected chi connectivity index (χ0v) is 52.8. The summed E-state index contributed by atoms with van der Waals surface area (Å²) >= 11 is 0. The predicted molar refractivity (Wildman–Crippen MR) is 346 cm³/mol. The number of rotatable bonds is 25. The molecule has 1 aliphatic heterocycles. The molecular formula is C77H74O15. The molecule has 9 aromatic carbocycles. The maximum absolute atomic E-state index is 15.4. The van der Waals surface area contributed by atoms with E-state index >= 15 is 9.59 Å². The standard InChI is InChI=1S/C77H74O15/c1-48-34-60(35-49(2)53(48)6)74(79)90-70-67(47-88-73(78)61-36-50(3)54(7)64(39-61)83-42-55-24-14-9-15-25-55)89-77(82-8)72(92-76(81)63-38-52(5)69(87-46-59-32-22-13-23-33-59)66(41-63)85-44-57-28-18-11-19-29-57)71(70)91-75(80)62-37-51(4)68(86-45-58-30-20-12-21-31-58)65(40-62)84-43-56-26-16-10-17-27-56/h9-41,67,70-72,77H,42-47H2,1-8H3/t67?,70-,71+,72?,77-/m1/s1. The Balaban J connectivity index is 1.04. The van der Waals surface area contributed by atoms with E-state index < -0.39 is 61.2 Å². The zero-order valence-electron chi connectivity index (χ0n) is 52.8. The number of carbonyl (C=O) groups excluding carboxylic acids is 4. The van der Waals surface area contributed by atoms with Crippen molar-refractivity contribution < 1.29 is 71.3 Å². The van der Waals surface area contributed by atoms with Crippen molar-refractivity contribution in [2.75, 3.05) is 13.7 Å². The van der Waals surface area contributed by atoms with Crippen LogP contribution in [0.2, 0.25) is 0 Å². The lowest BCUT2D eigenvalue weighted by atomic mass is 9.97. The number of benzene rings is 9. The third-order valence-electron chi connectivity index (χ3n) is 16.1. The third kappa shape index (κ3) is 16.4. The fraction of sp³-hybridized carbons (Fsp3) is 0.247. The van der Waals surface area contributed by atoms with Gasteiger partial charge >= 0.3 is 23.9 Å². The molecule has 15 nitrogen and oxygen atoms in total. The summed E-state index contributed by atoms with van der Waals surface area (Å²) in [6.45, 7) is 13.3. The fourth-order valence-corrected chi connectivity index (χ4v) is 10.6. The number of methoxy groups -OCH3 is 1. The number of hydrogen-bond acceptors (Lipinski definition) is 15. The van der Waals surface area contributed by atoms with Gasteiger partial charge in [0.2, 0.25) is 0 Å². The second-order valence-electron chi connectivity index (χ2n) is 22.8. The summed E-state index contributed by atoms with van der Waals surface area (Å²) in [4.78, 5) is 59.8. The highest BCUT2D eigenvalue weighted by Gasteiger charge is 2.53. The molecule has 0 aliphatic carbocycles. The van der Waals surface area contributed by atoms with Crippen LogP contribution < -0.4 is 23.7 Å². The predicted octanol–water partition coefficient (Wildman–Crippen LogP) is 14.9. The van der Waals surface area contributed by atoms with Crippen LogP contribution in [0.25, 0.3) is 0 Å². The summed E-state index contributed by atoms with van der Waals surface area (Å²) < 4.78 is 70.4. The van der Waals surface area contributed by atoms with Gasteiger partial charge in [-0.3, -0.25) is 0 Å². The lowest BCUT2D eigenvalue weighted by Crippen LogP contribution is -2.63. The molecular weight excluding hydrogens is 1160 g/mol. The lowest BCUT2D eigenvalue weighted by Gasteiger charge is -2.44. The van der Waals surface area contributed by atoms with Gasteiger partial charge in [0, 0.05) is 7.11 Å². The van der Waals surface area contributed by atoms with Gasteiger partial charge in [0.15, 0.2) is 47.6 Å². The monoisotopic (exact) mass is 1240 g/mol. The first-order chi connectivity index (χ1) is 44.6. The van der Waals surface area contributed by atoms with Gasteiger partial charge in [0.1, 0.15) is 51.5 Å². The first kappa shape index (κ1) is 64.8. The van der Waals surface area contributed by atoms with Crippen LogP contribution in [0, 0.1) is 48.5 Å². The van der Waals surface area contributed by atoms with E-state index in [1.807, 2.05) is 186 Å². The van der Waals surface area contributed by atoms with E-state index in [9.17, 15) is 9.59 Å². The summed E-state index contributed by atoms with van der Waals surface area (Å²) in [5.74, 6) is -1.74. The quantitative estimate of drug-likeness (QED) is 0.0391. The molecule has 1 aliphatic rings. The summed E-state index contributed by atoms with van der Waals surface area (Å²) in [6.07, 6.45) is -8.08. The minimum atomic E-state index is -1.74. The molecule has 10 rings (SSSR count). The van der Waals surface area contributed by atoms with Crippen LogP contribution in [0.3, 0.4) is 0 Å². The SMILES string of the molecule is CO[C@@H]1OC(COC(=O)c2cc(C)c(C)c(OCc3ccccc3)c2)[C@@H](OC(=O)c2cc(C)c(C)c(C)c2)[C@H](OC(=O)c2cc(C)c(OCc3ccccc3)c(OCc3ccccc3)c2)C1OC(=O)c1cc(C)c(OCc2ccccc2)c(OCc2ccccc2)c1. The van der Waals surface area contributed by atoms with Gasteiger partial charge in [-0.15, -0.1) is 0 Å². The molecule has 0 amide bonds. The van der Waals surface area contributed by atoms with Crippen molar-refractivity contribution in [2.45, 2.75) is 112 Å². The molecule has 15 heteroatoms. The average molecular weight is 1240 g/mol. The minimum Gasteiger partial charge on any atom is -0.489 e. The molecule has 1 heterocycles. The summed E-state index contributed by atoms with van der Waals surface area (Å²) in [6, 6.07) is 60.8. The van der Waals surface area contributed by atoms with Crippen LogP contribution >= 0.6 is 0 Å². The Morgan fingerprint density at radius 3 is 1.07 bits per heavy atom. The Hall–Kier alpha value is -10.2. The first-order valence-corrected chi connectivity index (χ1v) is 30.4. The fourth-order valence-electron chi connectivity index (χ4n) is 10.6. The highest BCUT2D eigenvalue weighted by atomic mass is 16.7. The molecule has 0 N–H and O–H groups in total. The second kappa shape index (κ2) is 30.5. The van der Waals surface area contributed by atoms with E-state index in [1.54, 1.807) is 50.2 Å². The topological polar surface area (TPSA) is 170 Å². The van der Waals surface area contributed by atoms with Gasteiger partial charge in [0.05, 0.1) is 22.3 Å². The van der Waals surface area contributed by atoms with E-state index in [-0.39, 0.29) is 66.8 Å². The number of aryl methyl sites for hydroxylation is 5. The maximum Gasteiger partial charge on any atom is 0.338 e. The van der Waals surface area contributed by atoms with Crippen LogP contribution in [0.4, 0.5) is 0 Å². The molecule has 2 unspecified atom stereocenters. The van der Waals surface area contributed by atoms with E-state index in [1.165, 1.54) is 19.2 Å². The minimum absolute atomic E-state index is 0.00273. The molecule has 0 radical (unpaired) electrons. The Morgan fingerprint density at radius 2 is 0.663 bits per heavy atom. The second-order valence-corrected chi connectivity index (χ2v) is 22.8. The first-order valence-electron chi connectivity index (χ1n) is 30.4. The number of ether oxygens (including phenoxy) is 11. The van der Waals surface area contributed by atoms with Crippen LogP contribution in [-0.2, 0) is 61.5 Å². The number of hydrogen-bond donors (Lipinski definition) is 0. The van der Waals surface area contributed by atoms with E-state index in [0.717, 1.165) is 55.6 Å². The Morgan fingerprint density at radius 1 is 0.348 bits per heavy atom. The van der Waals surface area contributed by atoms with Gasteiger partial charge in [0.25, 0.3) is 0 Å². The van der Waals surface area contributed by atoms with Crippen LogP contribution in [0.1, 0.15) is 108 Å². The molecule has 472 valence electrons. The maximum atomic E-state index is 15.4. The van der Waals surface area contributed by atoms with Crippen molar-refractivity contribution in [3.63, 3.8) is 0 Å². The van der Waals surface area contributed by atoms with Crippen molar-refractivity contribution in [1.82, 2.24) is 0 Å². The van der Waals surface area contributed by atoms with Crippen molar-refractivity contribution in [2.24, 2.45) is 0 Å². The molecule has 9 aromatic rings. The molecule has 0 aromatic heterocycles. The van der Waals surface area contributed by atoms with Crippen molar-refractivity contribution in [1.29, 1.82) is 0 Å². The van der Waals surface area contributed by atoms with Crippen LogP contribution in [-0.4, -0.2) is 68.3 Å². The molecule has 5 atom stereocenters. The molecule has 1 fully saturated rings. The van der Waals surface area contributed by atoms with Crippen molar-refractivity contribution in [3.05, 3.63) is 289 Å². The molecule has 0 saturated carbocycles. The number of carbonyl (C=O) groups is 4. The summed E-state index contributed by atoms with van der Waals surface area (Å²) in [5, 5.41) is 0. The highest BCUT2D eigenvalue weighted by Crippen LogP contribution is 2.39. The van der Waals surface area contributed by atoms with Gasteiger partial charge in [-0.25, -0.2) is 19.2 Å². The lowest BCUT2D eigenvalue weighted by molar-refractivity contribution is -0.291. The Labute approximate surface area is 536 Å². The zero-order chi connectivity index (χ0) is 64.7. The Kier molecular flexibility index (Phi) is 21.5. The van der Waals surface area contributed by atoms with Crippen LogP contribution in [0.5, 0.6) is 28.7 Å². The third-order valence-corrected chi connectivity index (χ3v) is 16.1. The summed E-state index contributed by atoms with van der Waals surface area (Å²) in [5.41, 5.74) is 10.1. The highest BCUT2D eigenvalue weighted by molar-refractivity contribution is 5.93.